The van der Waals surface area contributed by atoms with Gasteiger partial charge in [-0.15, -0.1) is 0 Å². The van der Waals surface area contributed by atoms with E-state index in [1.807, 2.05) is 60.7 Å². The summed E-state index contributed by atoms with van der Waals surface area (Å²) in [5.41, 5.74) is 2.22. The lowest BCUT2D eigenvalue weighted by Gasteiger charge is -2.13. The van der Waals surface area contributed by atoms with E-state index in [1.165, 1.54) is 0 Å². The Labute approximate surface area is 117 Å². The van der Waals surface area contributed by atoms with Crippen LogP contribution in [0, 0.1) is 0 Å². The zero-order valence-corrected chi connectivity index (χ0v) is 11.1. The van der Waals surface area contributed by atoms with Crippen LogP contribution in [0.5, 0.6) is 0 Å². The summed E-state index contributed by atoms with van der Waals surface area (Å²) in [7, 11) is 1.57. The number of esters is 1. The molecule has 1 aliphatic heterocycles. The molecule has 1 aliphatic rings. The van der Waals surface area contributed by atoms with E-state index in [2.05, 4.69) is 0 Å². The number of hydrogen-bond donors (Lipinski definition) is 0. The smallest absolute Gasteiger partial charge is 0.343 e. The Bertz CT molecular complexity index is 644. The highest BCUT2D eigenvalue weighted by Gasteiger charge is 2.37. The number of carbonyl (C=O) groups excluding carboxylic acids is 1. The standard InChI is InChI=1S/C17H14O3/c1-19-16-14(12-8-4-2-5-9-12)17(18)20-15(16)13-10-6-3-7-11-13/h2-11,15H,1H3/t15-/m0/s1. The molecule has 0 aromatic heterocycles. The van der Waals surface area contributed by atoms with E-state index in [0.29, 0.717) is 11.3 Å². The molecule has 0 spiro atoms. The van der Waals surface area contributed by atoms with Gasteiger partial charge in [-0.2, -0.15) is 0 Å². The summed E-state index contributed by atoms with van der Waals surface area (Å²) in [6.07, 6.45) is -0.469. The van der Waals surface area contributed by atoms with E-state index in [1.54, 1.807) is 7.11 Å². The summed E-state index contributed by atoms with van der Waals surface area (Å²) in [6.45, 7) is 0. The molecule has 0 saturated carbocycles. The highest BCUT2D eigenvalue weighted by atomic mass is 16.6. The molecule has 1 heterocycles. The van der Waals surface area contributed by atoms with Crippen LogP contribution in [0.25, 0.3) is 5.57 Å². The molecule has 3 rings (SSSR count). The molecule has 3 nitrogen and oxygen atoms in total. The van der Waals surface area contributed by atoms with Gasteiger partial charge in [-0.25, -0.2) is 4.79 Å². The van der Waals surface area contributed by atoms with Crippen molar-refractivity contribution in [2.45, 2.75) is 6.10 Å². The molecule has 0 bridgehead atoms. The van der Waals surface area contributed by atoms with Crippen LogP contribution in [0.1, 0.15) is 17.2 Å². The first-order valence-electron chi connectivity index (χ1n) is 6.41. The van der Waals surface area contributed by atoms with Crippen molar-refractivity contribution in [3.8, 4) is 0 Å². The second-order valence-corrected chi connectivity index (χ2v) is 4.51. The number of cyclic esters (lactones) is 1. The minimum absolute atomic E-state index is 0.345. The van der Waals surface area contributed by atoms with Crippen LogP contribution in [-0.2, 0) is 14.3 Å². The Kier molecular flexibility index (Phi) is 3.25. The maximum absolute atomic E-state index is 12.2. The summed E-state index contributed by atoms with van der Waals surface area (Å²) in [4.78, 5) is 12.2. The maximum Gasteiger partial charge on any atom is 0.343 e. The first-order chi connectivity index (χ1) is 9.81. The summed E-state index contributed by atoms with van der Waals surface area (Å²) in [5.74, 6) is 0.217. The van der Waals surface area contributed by atoms with E-state index >= 15 is 0 Å². The van der Waals surface area contributed by atoms with E-state index in [4.69, 9.17) is 9.47 Å². The molecule has 100 valence electrons. The third kappa shape index (κ3) is 2.07. The molecular weight excluding hydrogens is 252 g/mol. The van der Waals surface area contributed by atoms with E-state index in [9.17, 15) is 4.79 Å². The average molecular weight is 266 g/mol. The van der Waals surface area contributed by atoms with Gasteiger partial charge in [0.25, 0.3) is 0 Å². The Hall–Kier alpha value is -2.55. The van der Waals surface area contributed by atoms with Crippen LogP contribution in [0.15, 0.2) is 66.4 Å². The first kappa shape index (κ1) is 12.5. The van der Waals surface area contributed by atoms with Crippen LogP contribution < -0.4 is 0 Å². The van der Waals surface area contributed by atoms with Gasteiger partial charge in [-0.3, -0.25) is 0 Å². The molecule has 0 aliphatic carbocycles. The first-order valence-corrected chi connectivity index (χ1v) is 6.41. The van der Waals surface area contributed by atoms with Gasteiger partial charge in [0.05, 0.1) is 7.11 Å². The Morgan fingerprint density at radius 2 is 1.55 bits per heavy atom. The fourth-order valence-corrected chi connectivity index (χ4v) is 2.37. The van der Waals surface area contributed by atoms with Crippen molar-refractivity contribution in [1.29, 1.82) is 0 Å². The summed E-state index contributed by atoms with van der Waals surface area (Å²) < 4.78 is 10.9. The molecule has 0 saturated heterocycles. The zero-order chi connectivity index (χ0) is 13.9. The van der Waals surface area contributed by atoms with E-state index < -0.39 is 6.10 Å². The minimum atomic E-state index is -0.469. The second kappa shape index (κ2) is 5.21. The van der Waals surface area contributed by atoms with Crippen LogP contribution in [0.2, 0.25) is 0 Å². The van der Waals surface area contributed by atoms with Crippen LogP contribution >= 0.6 is 0 Å². The SMILES string of the molecule is COC1=C(c2ccccc2)C(=O)O[C@H]1c1ccccc1. The predicted molar refractivity (Wildman–Crippen MR) is 75.6 cm³/mol. The third-order valence-electron chi connectivity index (χ3n) is 3.30. The van der Waals surface area contributed by atoms with Crippen molar-refractivity contribution in [3.63, 3.8) is 0 Å². The molecule has 0 amide bonds. The molecular formula is C17H14O3. The molecule has 2 aromatic rings. The number of methoxy groups -OCH3 is 1. The lowest BCUT2D eigenvalue weighted by atomic mass is 10.0. The summed E-state index contributed by atoms with van der Waals surface area (Å²) in [6, 6.07) is 19.0. The molecule has 0 N–H and O–H groups in total. The van der Waals surface area contributed by atoms with Crippen molar-refractivity contribution >= 4 is 11.5 Å². The van der Waals surface area contributed by atoms with Crippen molar-refractivity contribution in [2.24, 2.45) is 0 Å². The van der Waals surface area contributed by atoms with Crippen molar-refractivity contribution in [2.75, 3.05) is 7.11 Å². The fraction of sp³-hybridized carbons (Fsp3) is 0.118. The van der Waals surface area contributed by atoms with E-state index in [0.717, 1.165) is 11.1 Å². The number of carbonyl (C=O) groups is 1. The monoisotopic (exact) mass is 266 g/mol. The Morgan fingerprint density at radius 3 is 2.15 bits per heavy atom. The number of hydrogen-bond acceptors (Lipinski definition) is 3. The van der Waals surface area contributed by atoms with Gasteiger partial charge in [0, 0.05) is 5.56 Å². The number of rotatable bonds is 3. The summed E-state index contributed by atoms with van der Waals surface area (Å²) in [5, 5.41) is 0. The van der Waals surface area contributed by atoms with Crippen LogP contribution in [0.3, 0.4) is 0 Å². The lowest BCUT2D eigenvalue weighted by Crippen LogP contribution is -2.03. The van der Waals surface area contributed by atoms with E-state index in [-0.39, 0.29) is 5.97 Å². The van der Waals surface area contributed by atoms with Crippen molar-refractivity contribution in [3.05, 3.63) is 77.5 Å². The predicted octanol–water partition coefficient (Wildman–Crippen LogP) is 3.34. The molecule has 0 unspecified atom stereocenters. The van der Waals surface area contributed by atoms with Gasteiger partial charge < -0.3 is 9.47 Å². The number of benzene rings is 2. The molecule has 2 aromatic carbocycles. The largest absolute Gasteiger partial charge is 0.496 e. The van der Waals surface area contributed by atoms with Crippen molar-refractivity contribution in [1.82, 2.24) is 0 Å². The molecule has 3 heteroatoms. The topological polar surface area (TPSA) is 35.5 Å². The molecule has 20 heavy (non-hydrogen) atoms. The second-order valence-electron chi connectivity index (χ2n) is 4.51. The zero-order valence-electron chi connectivity index (χ0n) is 11.1. The van der Waals surface area contributed by atoms with Crippen LogP contribution in [-0.4, -0.2) is 13.1 Å². The van der Waals surface area contributed by atoms with Gasteiger partial charge in [0.2, 0.25) is 0 Å². The molecule has 0 fully saturated rings. The quantitative estimate of drug-likeness (QED) is 0.799. The van der Waals surface area contributed by atoms with Gasteiger partial charge in [0.1, 0.15) is 5.57 Å². The molecule has 1 atom stereocenters. The normalized spacial score (nSPS) is 18.1. The third-order valence-corrected chi connectivity index (χ3v) is 3.30. The Balaban J connectivity index is 2.09. The van der Waals surface area contributed by atoms with Gasteiger partial charge in [-0.1, -0.05) is 60.7 Å². The number of ether oxygens (including phenoxy) is 2. The van der Waals surface area contributed by atoms with Gasteiger partial charge in [-0.05, 0) is 5.56 Å². The van der Waals surface area contributed by atoms with Crippen molar-refractivity contribution < 1.29 is 14.3 Å². The lowest BCUT2D eigenvalue weighted by molar-refractivity contribution is -0.138. The average Bonchev–Trinajstić information content (AvgIpc) is 2.85. The highest BCUT2D eigenvalue weighted by molar-refractivity contribution is 6.19. The van der Waals surface area contributed by atoms with Crippen LogP contribution in [0.4, 0.5) is 0 Å². The maximum atomic E-state index is 12.2. The Morgan fingerprint density at radius 1 is 0.950 bits per heavy atom. The van der Waals surface area contributed by atoms with Gasteiger partial charge in [0.15, 0.2) is 11.9 Å². The minimum Gasteiger partial charge on any atom is -0.496 e. The van der Waals surface area contributed by atoms with Gasteiger partial charge >= 0.3 is 5.97 Å². The highest BCUT2D eigenvalue weighted by Crippen LogP contribution is 2.39. The molecule has 0 radical (unpaired) electrons. The fourth-order valence-electron chi connectivity index (χ4n) is 2.37. The summed E-state index contributed by atoms with van der Waals surface area (Å²) >= 11 is 0.